The Morgan fingerprint density at radius 1 is 1.44 bits per heavy atom. The van der Waals surface area contributed by atoms with Crippen molar-refractivity contribution in [3.63, 3.8) is 0 Å². The standard InChI is InChI=1S/C11H12O4S/c1-15-11(14)9-4-3-8(16-2)5-7(9)6-10(12)13/h3-5H,6H2,1-2H3,(H,12,13). The maximum atomic E-state index is 11.4. The summed E-state index contributed by atoms with van der Waals surface area (Å²) in [7, 11) is 1.27. The third-order valence-corrected chi connectivity index (χ3v) is 2.78. The van der Waals surface area contributed by atoms with Gasteiger partial charge in [0.15, 0.2) is 0 Å². The molecule has 86 valence electrons. The van der Waals surface area contributed by atoms with Crippen LogP contribution in [0.15, 0.2) is 23.1 Å². The van der Waals surface area contributed by atoms with Crippen molar-refractivity contribution < 1.29 is 19.4 Å². The topological polar surface area (TPSA) is 63.6 Å². The van der Waals surface area contributed by atoms with E-state index in [1.165, 1.54) is 18.9 Å². The normalized spacial score (nSPS) is 9.88. The number of esters is 1. The Kier molecular flexibility index (Phi) is 4.37. The van der Waals surface area contributed by atoms with Crippen LogP contribution in [0.1, 0.15) is 15.9 Å². The van der Waals surface area contributed by atoms with Gasteiger partial charge in [0.25, 0.3) is 0 Å². The zero-order valence-electron chi connectivity index (χ0n) is 9.02. The molecule has 1 rings (SSSR count). The Labute approximate surface area is 97.6 Å². The molecule has 1 N–H and O–H groups in total. The highest BCUT2D eigenvalue weighted by Crippen LogP contribution is 2.20. The molecule has 0 saturated carbocycles. The average Bonchev–Trinajstić information content (AvgIpc) is 2.27. The van der Waals surface area contributed by atoms with Crippen molar-refractivity contribution in [2.75, 3.05) is 13.4 Å². The first-order valence-corrected chi connectivity index (χ1v) is 5.78. The van der Waals surface area contributed by atoms with Crippen molar-refractivity contribution >= 4 is 23.7 Å². The second-order valence-corrected chi connectivity index (χ2v) is 3.96. The van der Waals surface area contributed by atoms with Gasteiger partial charge in [-0.2, -0.15) is 0 Å². The number of carboxylic acid groups (broad SMARTS) is 1. The van der Waals surface area contributed by atoms with Gasteiger partial charge in [-0.3, -0.25) is 4.79 Å². The van der Waals surface area contributed by atoms with Gasteiger partial charge in [-0.1, -0.05) is 0 Å². The minimum Gasteiger partial charge on any atom is -0.481 e. The molecule has 0 saturated heterocycles. The molecule has 0 aliphatic heterocycles. The summed E-state index contributed by atoms with van der Waals surface area (Å²) in [6.07, 6.45) is 1.70. The number of hydrogen-bond acceptors (Lipinski definition) is 4. The molecule has 16 heavy (non-hydrogen) atoms. The van der Waals surface area contributed by atoms with Crippen LogP contribution in [0.25, 0.3) is 0 Å². The quantitative estimate of drug-likeness (QED) is 0.642. The summed E-state index contributed by atoms with van der Waals surface area (Å²) >= 11 is 1.49. The van der Waals surface area contributed by atoms with E-state index < -0.39 is 11.9 Å². The lowest BCUT2D eigenvalue weighted by Crippen LogP contribution is -2.09. The second kappa shape index (κ2) is 5.55. The molecule has 0 heterocycles. The monoisotopic (exact) mass is 240 g/mol. The van der Waals surface area contributed by atoms with Gasteiger partial charge in [-0.15, -0.1) is 11.8 Å². The third kappa shape index (κ3) is 3.00. The number of rotatable bonds is 4. The molecular weight excluding hydrogens is 228 g/mol. The van der Waals surface area contributed by atoms with Crippen LogP contribution in [-0.2, 0) is 16.0 Å². The van der Waals surface area contributed by atoms with Crippen LogP contribution in [0.5, 0.6) is 0 Å². The van der Waals surface area contributed by atoms with E-state index in [4.69, 9.17) is 5.11 Å². The van der Waals surface area contributed by atoms with Crippen molar-refractivity contribution in [1.82, 2.24) is 0 Å². The average molecular weight is 240 g/mol. The van der Waals surface area contributed by atoms with Crippen LogP contribution in [0.4, 0.5) is 0 Å². The lowest BCUT2D eigenvalue weighted by Gasteiger charge is -2.07. The highest BCUT2D eigenvalue weighted by Gasteiger charge is 2.14. The highest BCUT2D eigenvalue weighted by molar-refractivity contribution is 7.98. The van der Waals surface area contributed by atoms with Gasteiger partial charge >= 0.3 is 11.9 Å². The van der Waals surface area contributed by atoms with Crippen molar-refractivity contribution in [3.05, 3.63) is 29.3 Å². The molecule has 0 aromatic heterocycles. The van der Waals surface area contributed by atoms with Gasteiger partial charge in [0, 0.05) is 4.90 Å². The lowest BCUT2D eigenvalue weighted by molar-refractivity contribution is -0.136. The first-order valence-electron chi connectivity index (χ1n) is 4.55. The summed E-state index contributed by atoms with van der Waals surface area (Å²) in [5.74, 6) is -1.48. The minimum atomic E-state index is -0.969. The van der Waals surface area contributed by atoms with Gasteiger partial charge in [0.1, 0.15) is 0 Å². The molecule has 4 nitrogen and oxygen atoms in total. The van der Waals surface area contributed by atoms with Crippen molar-refractivity contribution in [1.29, 1.82) is 0 Å². The summed E-state index contributed by atoms with van der Waals surface area (Å²) in [5.41, 5.74) is 0.786. The molecule has 0 unspecified atom stereocenters. The number of ether oxygens (including phenoxy) is 1. The Bertz CT molecular complexity index is 414. The van der Waals surface area contributed by atoms with Crippen LogP contribution >= 0.6 is 11.8 Å². The highest BCUT2D eigenvalue weighted by atomic mass is 32.2. The lowest BCUT2D eigenvalue weighted by atomic mass is 10.0. The summed E-state index contributed by atoms with van der Waals surface area (Å²) in [6, 6.07) is 5.06. The number of hydrogen-bond donors (Lipinski definition) is 1. The minimum absolute atomic E-state index is 0.182. The van der Waals surface area contributed by atoms with Crippen molar-refractivity contribution in [2.24, 2.45) is 0 Å². The Balaban J connectivity index is 3.15. The Morgan fingerprint density at radius 2 is 2.12 bits per heavy atom. The van der Waals surface area contributed by atoms with Crippen LogP contribution in [0, 0.1) is 0 Å². The molecule has 0 aliphatic rings. The van der Waals surface area contributed by atoms with Gasteiger partial charge in [0.2, 0.25) is 0 Å². The molecule has 0 amide bonds. The summed E-state index contributed by atoms with van der Waals surface area (Å²) in [5, 5.41) is 8.75. The zero-order chi connectivity index (χ0) is 12.1. The molecule has 0 spiro atoms. The molecule has 0 radical (unpaired) electrons. The molecule has 1 aromatic rings. The largest absolute Gasteiger partial charge is 0.481 e. The predicted molar refractivity (Wildman–Crippen MR) is 60.9 cm³/mol. The van der Waals surface area contributed by atoms with E-state index in [0.717, 1.165) is 4.90 Å². The first kappa shape index (κ1) is 12.6. The fraction of sp³-hybridized carbons (Fsp3) is 0.273. The summed E-state index contributed by atoms with van der Waals surface area (Å²) in [4.78, 5) is 23.0. The maximum absolute atomic E-state index is 11.4. The molecule has 1 aromatic carbocycles. The maximum Gasteiger partial charge on any atom is 0.338 e. The van der Waals surface area contributed by atoms with Gasteiger partial charge in [0.05, 0.1) is 19.1 Å². The van der Waals surface area contributed by atoms with E-state index in [2.05, 4.69) is 4.74 Å². The fourth-order valence-electron chi connectivity index (χ4n) is 1.32. The molecule has 0 fully saturated rings. The number of carboxylic acids is 1. The van der Waals surface area contributed by atoms with Crippen LogP contribution < -0.4 is 0 Å². The van der Waals surface area contributed by atoms with E-state index in [1.807, 2.05) is 6.26 Å². The fourth-order valence-corrected chi connectivity index (χ4v) is 1.78. The molecule has 0 bridgehead atoms. The van der Waals surface area contributed by atoms with Gasteiger partial charge in [-0.25, -0.2) is 4.79 Å². The molecule has 5 heteroatoms. The number of carbonyl (C=O) groups excluding carboxylic acids is 1. The first-order chi connectivity index (χ1) is 7.58. The molecular formula is C11H12O4S. The number of carbonyl (C=O) groups is 2. The van der Waals surface area contributed by atoms with E-state index >= 15 is 0 Å². The van der Waals surface area contributed by atoms with Crippen molar-refractivity contribution in [3.8, 4) is 0 Å². The number of thioether (sulfide) groups is 1. The number of aliphatic carboxylic acids is 1. The second-order valence-electron chi connectivity index (χ2n) is 3.09. The predicted octanol–water partition coefficient (Wildman–Crippen LogP) is 1.82. The van der Waals surface area contributed by atoms with Crippen LogP contribution in [-0.4, -0.2) is 30.4 Å². The number of methoxy groups -OCH3 is 1. The zero-order valence-corrected chi connectivity index (χ0v) is 9.84. The Morgan fingerprint density at radius 3 is 2.62 bits per heavy atom. The third-order valence-electron chi connectivity index (χ3n) is 2.06. The van der Waals surface area contributed by atoms with Gasteiger partial charge in [-0.05, 0) is 30.0 Å². The SMILES string of the molecule is COC(=O)c1ccc(SC)cc1CC(=O)O. The van der Waals surface area contributed by atoms with Crippen LogP contribution in [0.3, 0.4) is 0 Å². The number of benzene rings is 1. The van der Waals surface area contributed by atoms with E-state index in [0.29, 0.717) is 11.1 Å². The van der Waals surface area contributed by atoms with E-state index in [1.54, 1.807) is 18.2 Å². The molecule has 0 aliphatic carbocycles. The molecule has 0 atom stereocenters. The van der Waals surface area contributed by atoms with E-state index in [-0.39, 0.29) is 6.42 Å². The summed E-state index contributed by atoms with van der Waals surface area (Å²) in [6.45, 7) is 0. The Hall–Kier alpha value is -1.49. The van der Waals surface area contributed by atoms with E-state index in [9.17, 15) is 9.59 Å². The summed E-state index contributed by atoms with van der Waals surface area (Å²) < 4.78 is 4.59. The smallest absolute Gasteiger partial charge is 0.338 e. The van der Waals surface area contributed by atoms with Crippen molar-refractivity contribution in [2.45, 2.75) is 11.3 Å². The van der Waals surface area contributed by atoms with Gasteiger partial charge < -0.3 is 9.84 Å². The van der Waals surface area contributed by atoms with Crippen LogP contribution in [0.2, 0.25) is 0 Å².